The molecule has 22 heavy (non-hydrogen) atoms. The van der Waals surface area contributed by atoms with Gasteiger partial charge < -0.3 is 19.7 Å². The second-order valence-electron chi connectivity index (χ2n) is 5.49. The largest absolute Gasteiger partial charge is 0.388 e. The first kappa shape index (κ1) is 15.2. The van der Waals surface area contributed by atoms with E-state index in [0.717, 1.165) is 11.1 Å². The summed E-state index contributed by atoms with van der Waals surface area (Å²) in [4.78, 5) is 0. The lowest BCUT2D eigenvalue weighted by molar-refractivity contribution is -0.0510. The first-order chi connectivity index (χ1) is 10.8. The molecule has 2 N–H and O–H groups in total. The van der Waals surface area contributed by atoms with Crippen molar-refractivity contribution in [2.45, 2.75) is 31.0 Å². The molecule has 1 aliphatic rings. The third kappa shape index (κ3) is 3.72. The highest BCUT2D eigenvalue weighted by molar-refractivity contribution is 5.23. The summed E-state index contributed by atoms with van der Waals surface area (Å²) in [7, 11) is 0. The molecule has 2 aromatic rings. The predicted molar refractivity (Wildman–Crippen MR) is 82.2 cm³/mol. The topological polar surface area (TPSA) is 62.2 Å². The van der Waals surface area contributed by atoms with Crippen LogP contribution in [-0.4, -0.2) is 35.1 Å². The number of hydrogen-bond donors (Lipinski definition) is 2. The Kier molecular flexibility index (Phi) is 4.85. The molecule has 0 spiro atoms. The summed E-state index contributed by atoms with van der Waals surface area (Å²) in [5, 5.41) is 20.1. The number of benzene rings is 2. The lowest BCUT2D eigenvalue weighted by Gasteiger charge is -2.16. The third-order valence-electron chi connectivity index (χ3n) is 3.78. The van der Waals surface area contributed by atoms with Gasteiger partial charge in [-0.15, -0.1) is 0 Å². The van der Waals surface area contributed by atoms with E-state index in [4.69, 9.17) is 9.47 Å². The molecule has 2 aromatic carbocycles. The Labute approximate surface area is 129 Å². The van der Waals surface area contributed by atoms with E-state index in [1.54, 1.807) is 0 Å². The quantitative estimate of drug-likeness (QED) is 0.768. The van der Waals surface area contributed by atoms with E-state index in [1.165, 1.54) is 0 Å². The van der Waals surface area contributed by atoms with Crippen LogP contribution in [0.5, 0.6) is 0 Å². The highest BCUT2D eigenvalue weighted by Gasteiger charge is 2.47. The first-order valence-electron chi connectivity index (χ1n) is 7.44. The smallest absolute Gasteiger partial charge is 0.117 e. The van der Waals surface area contributed by atoms with Crippen LogP contribution in [0, 0.1) is 0 Å². The zero-order chi connectivity index (χ0) is 15.4. The minimum Gasteiger partial charge on any atom is -0.388 e. The van der Waals surface area contributed by atoms with Crippen LogP contribution >= 0.6 is 0 Å². The second-order valence-corrected chi connectivity index (χ2v) is 5.49. The number of ether oxygens (including phenoxy) is 2. The Morgan fingerprint density at radius 1 is 0.955 bits per heavy atom. The van der Waals surface area contributed by atoms with Gasteiger partial charge in [0, 0.05) is 0 Å². The maximum Gasteiger partial charge on any atom is 0.117 e. The van der Waals surface area contributed by atoms with Gasteiger partial charge in [0.2, 0.25) is 0 Å². The number of hydrogen-bond acceptors (Lipinski definition) is 4. The fourth-order valence-electron chi connectivity index (χ4n) is 2.48. The van der Waals surface area contributed by atoms with Crippen molar-refractivity contribution in [1.82, 2.24) is 0 Å². The zero-order valence-electron chi connectivity index (χ0n) is 12.2. The van der Waals surface area contributed by atoms with Crippen molar-refractivity contribution >= 4 is 0 Å². The molecule has 4 atom stereocenters. The average Bonchev–Trinajstić information content (AvgIpc) is 3.36. The van der Waals surface area contributed by atoms with Gasteiger partial charge in [-0.05, 0) is 11.1 Å². The Morgan fingerprint density at radius 3 is 2.27 bits per heavy atom. The minimum absolute atomic E-state index is 0.0808. The molecule has 0 saturated carbocycles. The van der Waals surface area contributed by atoms with Gasteiger partial charge in [0.05, 0.1) is 13.2 Å². The van der Waals surface area contributed by atoms with Gasteiger partial charge in [0.15, 0.2) is 0 Å². The lowest BCUT2D eigenvalue weighted by atomic mass is 10.0. The summed E-state index contributed by atoms with van der Waals surface area (Å²) < 4.78 is 10.9. The van der Waals surface area contributed by atoms with E-state index in [2.05, 4.69) is 0 Å². The molecule has 0 aromatic heterocycles. The molecule has 0 unspecified atom stereocenters. The molecular formula is C18H20O4. The summed E-state index contributed by atoms with van der Waals surface area (Å²) in [6, 6.07) is 19.4. The average molecular weight is 300 g/mol. The van der Waals surface area contributed by atoms with Crippen LogP contribution in [0.3, 0.4) is 0 Å². The van der Waals surface area contributed by atoms with Gasteiger partial charge >= 0.3 is 0 Å². The van der Waals surface area contributed by atoms with E-state index >= 15 is 0 Å². The van der Waals surface area contributed by atoms with Gasteiger partial charge in [0.1, 0.15) is 24.4 Å². The van der Waals surface area contributed by atoms with E-state index in [0.29, 0.717) is 6.61 Å². The van der Waals surface area contributed by atoms with E-state index < -0.39 is 12.2 Å². The monoisotopic (exact) mass is 300 g/mol. The Balaban J connectivity index is 1.44. The van der Waals surface area contributed by atoms with Gasteiger partial charge in [-0.25, -0.2) is 0 Å². The van der Waals surface area contributed by atoms with Gasteiger partial charge in [-0.1, -0.05) is 60.7 Å². The molecule has 1 saturated heterocycles. The van der Waals surface area contributed by atoms with Crippen molar-refractivity contribution in [3.8, 4) is 0 Å². The van der Waals surface area contributed by atoms with Crippen LogP contribution in [0.1, 0.15) is 17.2 Å². The predicted octanol–water partition coefficient (Wildman–Crippen LogP) is 2.07. The summed E-state index contributed by atoms with van der Waals surface area (Å²) in [5.74, 6) is 0. The maximum atomic E-state index is 10.1. The van der Waals surface area contributed by atoms with Crippen molar-refractivity contribution in [3.63, 3.8) is 0 Å². The summed E-state index contributed by atoms with van der Waals surface area (Å²) >= 11 is 0. The highest BCUT2D eigenvalue weighted by atomic mass is 16.6. The SMILES string of the molecule is O[C@@H]([C@@H]1O[C@H]1c1ccccc1)[C@@H](O)COCc1ccccc1. The number of epoxide rings is 1. The van der Waals surface area contributed by atoms with Gasteiger partial charge in [-0.2, -0.15) is 0 Å². The van der Waals surface area contributed by atoms with Crippen molar-refractivity contribution in [2.24, 2.45) is 0 Å². The summed E-state index contributed by atoms with van der Waals surface area (Å²) in [6.07, 6.45) is -2.40. The minimum atomic E-state index is -0.956. The zero-order valence-corrected chi connectivity index (χ0v) is 12.2. The molecule has 0 amide bonds. The molecule has 4 nitrogen and oxygen atoms in total. The number of rotatable bonds is 7. The van der Waals surface area contributed by atoms with Crippen LogP contribution in [0.15, 0.2) is 60.7 Å². The molecular weight excluding hydrogens is 280 g/mol. The van der Waals surface area contributed by atoms with Crippen LogP contribution in [0.25, 0.3) is 0 Å². The summed E-state index contributed by atoms with van der Waals surface area (Å²) in [6.45, 7) is 0.496. The Hall–Kier alpha value is -1.72. The van der Waals surface area contributed by atoms with Crippen LogP contribution in [0.2, 0.25) is 0 Å². The first-order valence-corrected chi connectivity index (χ1v) is 7.44. The Bertz CT molecular complexity index is 572. The number of aliphatic hydroxyl groups excluding tert-OH is 2. The maximum absolute atomic E-state index is 10.1. The lowest BCUT2D eigenvalue weighted by Crippen LogP contribution is -2.35. The molecule has 116 valence electrons. The second kappa shape index (κ2) is 7.03. The molecule has 3 rings (SSSR count). The van der Waals surface area contributed by atoms with Gasteiger partial charge in [0.25, 0.3) is 0 Å². The third-order valence-corrected chi connectivity index (χ3v) is 3.78. The normalized spacial score (nSPS) is 23.0. The van der Waals surface area contributed by atoms with Crippen molar-refractivity contribution < 1.29 is 19.7 Å². The molecule has 0 radical (unpaired) electrons. The Morgan fingerprint density at radius 2 is 1.59 bits per heavy atom. The van der Waals surface area contributed by atoms with Crippen molar-refractivity contribution in [3.05, 3.63) is 71.8 Å². The fourth-order valence-corrected chi connectivity index (χ4v) is 2.48. The van der Waals surface area contributed by atoms with Crippen molar-refractivity contribution in [2.75, 3.05) is 6.61 Å². The van der Waals surface area contributed by atoms with Crippen LogP contribution in [0.4, 0.5) is 0 Å². The molecule has 1 heterocycles. The highest BCUT2D eigenvalue weighted by Crippen LogP contribution is 2.41. The molecule has 0 bridgehead atoms. The standard InChI is InChI=1S/C18H20O4/c19-15(12-21-11-13-7-3-1-4-8-13)16(20)18-17(22-18)14-9-5-2-6-10-14/h1-10,15-20H,11-12H2/t15-,16+,17-,18-/m0/s1. The van der Waals surface area contributed by atoms with Gasteiger partial charge in [-0.3, -0.25) is 0 Å². The van der Waals surface area contributed by atoms with E-state index in [-0.39, 0.29) is 18.8 Å². The number of aliphatic hydroxyl groups is 2. The molecule has 0 aliphatic carbocycles. The van der Waals surface area contributed by atoms with E-state index in [1.807, 2.05) is 60.7 Å². The van der Waals surface area contributed by atoms with Crippen LogP contribution in [-0.2, 0) is 16.1 Å². The molecule has 1 aliphatic heterocycles. The van der Waals surface area contributed by atoms with E-state index in [9.17, 15) is 10.2 Å². The van der Waals surface area contributed by atoms with Crippen LogP contribution < -0.4 is 0 Å². The van der Waals surface area contributed by atoms with Crippen molar-refractivity contribution in [1.29, 1.82) is 0 Å². The fraction of sp³-hybridized carbons (Fsp3) is 0.333. The summed E-state index contributed by atoms with van der Waals surface area (Å²) in [5.41, 5.74) is 2.05. The molecule has 4 heteroatoms. The molecule has 1 fully saturated rings.